The first-order valence-corrected chi connectivity index (χ1v) is 3.92. The van der Waals surface area contributed by atoms with Crippen LogP contribution in [0, 0.1) is 5.92 Å². The predicted octanol–water partition coefficient (Wildman–Crippen LogP) is 3.14. The molecule has 1 aliphatic rings. The van der Waals surface area contributed by atoms with Crippen molar-refractivity contribution >= 4 is 0 Å². The van der Waals surface area contributed by atoms with Gasteiger partial charge in [-0.25, -0.2) is 0 Å². The summed E-state index contributed by atoms with van der Waals surface area (Å²) in [6.07, 6.45) is 8.13. The molecule has 1 saturated carbocycles. The van der Waals surface area contributed by atoms with E-state index in [0.717, 1.165) is 5.92 Å². The van der Waals surface area contributed by atoms with Crippen LogP contribution in [0.15, 0.2) is 11.6 Å². The van der Waals surface area contributed by atoms with E-state index in [1.165, 1.54) is 31.3 Å². The molecule has 9 heavy (non-hydrogen) atoms. The highest BCUT2D eigenvalue weighted by Gasteiger charge is 2.14. The number of allylic oxidation sites excluding steroid dienone is 2. The van der Waals surface area contributed by atoms with Gasteiger partial charge in [-0.1, -0.05) is 30.9 Å². The second-order valence-electron chi connectivity index (χ2n) is 3.31. The summed E-state index contributed by atoms with van der Waals surface area (Å²) in [5.74, 6) is 1.04. The smallest absolute Gasteiger partial charge is 0.0320 e. The fourth-order valence-electron chi connectivity index (χ4n) is 1.13. The summed E-state index contributed by atoms with van der Waals surface area (Å²) in [5.41, 5.74) is 1.47. The highest BCUT2D eigenvalue weighted by atomic mass is 14.2. The quantitative estimate of drug-likeness (QED) is 0.496. The van der Waals surface area contributed by atoms with Gasteiger partial charge >= 0.3 is 0 Å². The van der Waals surface area contributed by atoms with Crippen LogP contribution in [0.1, 0.15) is 39.5 Å². The Bertz CT molecular complexity index is 103. The van der Waals surface area contributed by atoms with E-state index in [9.17, 15) is 0 Å². The SMILES string of the molecule is CC(C)=CCC1CCC1. The molecule has 1 aliphatic carbocycles. The molecule has 0 bridgehead atoms. The Hall–Kier alpha value is -0.260. The molecule has 0 radical (unpaired) electrons. The predicted molar refractivity (Wildman–Crippen MR) is 41.4 cm³/mol. The van der Waals surface area contributed by atoms with Crippen molar-refractivity contribution in [3.05, 3.63) is 11.6 Å². The van der Waals surface area contributed by atoms with Gasteiger partial charge in [0.25, 0.3) is 0 Å². The molecule has 0 unspecified atom stereocenters. The highest BCUT2D eigenvalue weighted by molar-refractivity contribution is 4.95. The summed E-state index contributed by atoms with van der Waals surface area (Å²) in [7, 11) is 0. The van der Waals surface area contributed by atoms with E-state index in [1.54, 1.807) is 0 Å². The zero-order chi connectivity index (χ0) is 6.69. The van der Waals surface area contributed by atoms with Crippen LogP contribution in [0.3, 0.4) is 0 Å². The van der Waals surface area contributed by atoms with Crippen LogP contribution >= 0.6 is 0 Å². The molecule has 0 aromatic carbocycles. The first kappa shape index (κ1) is 6.85. The maximum atomic E-state index is 2.36. The fourth-order valence-corrected chi connectivity index (χ4v) is 1.13. The van der Waals surface area contributed by atoms with E-state index in [-0.39, 0.29) is 0 Å². The Morgan fingerprint density at radius 3 is 2.44 bits per heavy atom. The molecule has 0 heteroatoms. The lowest BCUT2D eigenvalue weighted by atomic mass is 9.83. The molecule has 0 saturated heterocycles. The van der Waals surface area contributed by atoms with Gasteiger partial charge in [-0.2, -0.15) is 0 Å². The van der Waals surface area contributed by atoms with Gasteiger partial charge in [-0.05, 0) is 26.2 Å². The molecule has 0 aliphatic heterocycles. The summed E-state index contributed by atoms with van der Waals surface area (Å²) in [6, 6.07) is 0. The second kappa shape index (κ2) is 3.05. The summed E-state index contributed by atoms with van der Waals surface area (Å²) in [4.78, 5) is 0. The van der Waals surface area contributed by atoms with Gasteiger partial charge in [0.15, 0.2) is 0 Å². The average molecular weight is 124 g/mol. The van der Waals surface area contributed by atoms with Crippen LogP contribution in [0.25, 0.3) is 0 Å². The van der Waals surface area contributed by atoms with Gasteiger partial charge < -0.3 is 0 Å². The van der Waals surface area contributed by atoms with Crippen molar-refractivity contribution in [3.8, 4) is 0 Å². The zero-order valence-electron chi connectivity index (χ0n) is 6.48. The third kappa shape index (κ3) is 2.21. The van der Waals surface area contributed by atoms with Crippen LogP contribution in [0.4, 0.5) is 0 Å². The van der Waals surface area contributed by atoms with Crippen molar-refractivity contribution < 1.29 is 0 Å². The Morgan fingerprint density at radius 1 is 1.44 bits per heavy atom. The number of hydrogen-bond acceptors (Lipinski definition) is 0. The van der Waals surface area contributed by atoms with E-state index in [1.807, 2.05) is 0 Å². The monoisotopic (exact) mass is 124 g/mol. The molecule has 0 heterocycles. The van der Waals surface area contributed by atoms with Crippen molar-refractivity contribution in [3.63, 3.8) is 0 Å². The van der Waals surface area contributed by atoms with Gasteiger partial charge in [-0.15, -0.1) is 0 Å². The third-order valence-corrected chi connectivity index (χ3v) is 2.08. The van der Waals surface area contributed by atoms with E-state index in [2.05, 4.69) is 19.9 Å². The molecule has 0 amide bonds. The largest absolute Gasteiger partial charge is 0.0856 e. The van der Waals surface area contributed by atoms with E-state index >= 15 is 0 Å². The lowest BCUT2D eigenvalue weighted by molar-refractivity contribution is 0.319. The molecule has 0 nitrogen and oxygen atoms in total. The normalized spacial score (nSPS) is 18.9. The molecule has 0 N–H and O–H groups in total. The minimum atomic E-state index is 1.04. The molecule has 0 spiro atoms. The molecule has 0 atom stereocenters. The Balaban J connectivity index is 2.10. The van der Waals surface area contributed by atoms with Crippen molar-refractivity contribution in [2.45, 2.75) is 39.5 Å². The first-order valence-electron chi connectivity index (χ1n) is 3.92. The minimum Gasteiger partial charge on any atom is -0.0856 e. The Morgan fingerprint density at radius 2 is 2.11 bits per heavy atom. The third-order valence-electron chi connectivity index (χ3n) is 2.08. The van der Waals surface area contributed by atoms with Gasteiger partial charge in [0.1, 0.15) is 0 Å². The van der Waals surface area contributed by atoms with Crippen molar-refractivity contribution in [1.29, 1.82) is 0 Å². The topological polar surface area (TPSA) is 0 Å². The van der Waals surface area contributed by atoms with Crippen LogP contribution in [-0.4, -0.2) is 0 Å². The average Bonchev–Trinajstić information content (AvgIpc) is 1.60. The van der Waals surface area contributed by atoms with Crippen molar-refractivity contribution in [2.75, 3.05) is 0 Å². The molecule has 0 aromatic heterocycles. The lowest BCUT2D eigenvalue weighted by Gasteiger charge is -2.23. The van der Waals surface area contributed by atoms with Crippen molar-refractivity contribution in [2.24, 2.45) is 5.92 Å². The van der Waals surface area contributed by atoms with Crippen molar-refractivity contribution in [1.82, 2.24) is 0 Å². The van der Waals surface area contributed by atoms with Gasteiger partial charge in [0.2, 0.25) is 0 Å². The maximum Gasteiger partial charge on any atom is -0.0320 e. The van der Waals surface area contributed by atoms with Gasteiger partial charge in [-0.3, -0.25) is 0 Å². The Kier molecular flexibility index (Phi) is 2.32. The molecular weight excluding hydrogens is 108 g/mol. The summed E-state index contributed by atoms with van der Waals surface area (Å²) in [6.45, 7) is 4.36. The molecule has 1 rings (SSSR count). The first-order chi connectivity index (χ1) is 4.29. The molecule has 1 fully saturated rings. The van der Waals surface area contributed by atoms with Crippen LogP contribution in [0.5, 0.6) is 0 Å². The van der Waals surface area contributed by atoms with Crippen LogP contribution < -0.4 is 0 Å². The number of rotatable bonds is 2. The second-order valence-corrected chi connectivity index (χ2v) is 3.31. The van der Waals surface area contributed by atoms with Crippen LogP contribution in [-0.2, 0) is 0 Å². The number of hydrogen-bond donors (Lipinski definition) is 0. The molecular formula is C9H16. The molecule has 52 valence electrons. The summed E-state index contributed by atoms with van der Waals surface area (Å²) >= 11 is 0. The van der Waals surface area contributed by atoms with Crippen LogP contribution in [0.2, 0.25) is 0 Å². The standard InChI is InChI=1S/C9H16/c1-8(2)6-7-9-4-3-5-9/h6,9H,3-5,7H2,1-2H3. The summed E-state index contributed by atoms with van der Waals surface area (Å²) in [5, 5.41) is 0. The summed E-state index contributed by atoms with van der Waals surface area (Å²) < 4.78 is 0. The lowest BCUT2D eigenvalue weighted by Crippen LogP contribution is -2.09. The van der Waals surface area contributed by atoms with E-state index in [0.29, 0.717) is 0 Å². The Labute approximate surface area is 58.0 Å². The fraction of sp³-hybridized carbons (Fsp3) is 0.778. The maximum absolute atomic E-state index is 2.36. The minimum absolute atomic E-state index is 1.04. The van der Waals surface area contributed by atoms with Gasteiger partial charge in [0, 0.05) is 0 Å². The molecule has 0 aromatic rings. The zero-order valence-corrected chi connectivity index (χ0v) is 6.48. The van der Waals surface area contributed by atoms with E-state index in [4.69, 9.17) is 0 Å². The van der Waals surface area contributed by atoms with E-state index < -0.39 is 0 Å². The highest BCUT2D eigenvalue weighted by Crippen LogP contribution is 2.29. The van der Waals surface area contributed by atoms with Gasteiger partial charge in [0.05, 0.1) is 0 Å².